The third kappa shape index (κ3) is 5.30. The van der Waals surface area contributed by atoms with Gasteiger partial charge in [0.05, 0.1) is 7.11 Å². The highest BCUT2D eigenvalue weighted by Gasteiger charge is 2.26. The van der Waals surface area contributed by atoms with Crippen LogP contribution in [0.3, 0.4) is 0 Å². The first-order chi connectivity index (χ1) is 14.4. The van der Waals surface area contributed by atoms with Crippen molar-refractivity contribution in [2.45, 2.75) is 39.5 Å². The van der Waals surface area contributed by atoms with Crippen LogP contribution in [0.5, 0.6) is 11.5 Å². The molecule has 0 aliphatic rings. The summed E-state index contributed by atoms with van der Waals surface area (Å²) in [7, 11) is 1.60. The van der Waals surface area contributed by atoms with Crippen molar-refractivity contribution in [1.29, 1.82) is 0 Å². The van der Waals surface area contributed by atoms with Gasteiger partial charge in [-0.2, -0.15) is 4.98 Å². The number of benzene rings is 2. The van der Waals surface area contributed by atoms with E-state index in [4.69, 9.17) is 25.6 Å². The number of methoxy groups -OCH3 is 1. The van der Waals surface area contributed by atoms with E-state index in [1.807, 2.05) is 26.0 Å². The Balaban J connectivity index is 1.68. The van der Waals surface area contributed by atoms with Gasteiger partial charge in [-0.3, -0.25) is 4.79 Å². The fourth-order valence-electron chi connectivity index (χ4n) is 2.84. The Hall–Kier alpha value is -3.06. The molecule has 1 unspecified atom stereocenters. The molecule has 1 amide bonds. The molecule has 158 valence electrons. The number of carbonyl (C=O) groups excluding carboxylic acids is 1. The van der Waals surface area contributed by atoms with E-state index in [1.165, 1.54) is 0 Å². The van der Waals surface area contributed by atoms with E-state index >= 15 is 0 Å². The van der Waals surface area contributed by atoms with Crippen LogP contribution in [0.4, 0.5) is 0 Å². The second-order valence-corrected chi connectivity index (χ2v) is 7.45. The van der Waals surface area contributed by atoms with Gasteiger partial charge in [-0.15, -0.1) is 0 Å². The van der Waals surface area contributed by atoms with Crippen molar-refractivity contribution in [3.8, 4) is 22.9 Å². The third-order valence-corrected chi connectivity index (χ3v) is 4.75. The predicted octanol–water partition coefficient (Wildman–Crippen LogP) is 4.60. The number of halogens is 1. The van der Waals surface area contributed by atoms with Crippen LogP contribution in [-0.2, 0) is 11.3 Å². The van der Waals surface area contributed by atoms with Gasteiger partial charge in [-0.05, 0) is 69.3 Å². The lowest BCUT2D eigenvalue weighted by molar-refractivity contribution is -0.140. The molecule has 0 fully saturated rings. The number of nitrogens with zero attached hydrogens (tertiary/aromatic N) is 3. The third-order valence-electron chi connectivity index (χ3n) is 4.50. The average Bonchev–Trinajstić information content (AvgIpc) is 3.21. The molecule has 1 atom stereocenters. The monoisotopic (exact) mass is 429 g/mol. The maximum absolute atomic E-state index is 13.0. The summed E-state index contributed by atoms with van der Waals surface area (Å²) < 4.78 is 16.3. The van der Waals surface area contributed by atoms with Crippen LogP contribution in [-0.4, -0.2) is 40.2 Å². The Morgan fingerprint density at radius 2 is 1.70 bits per heavy atom. The molecule has 0 N–H and O–H groups in total. The molecular formula is C22H24ClN3O4. The van der Waals surface area contributed by atoms with E-state index in [1.54, 1.807) is 55.3 Å². The lowest BCUT2D eigenvalue weighted by atomic mass is 10.2. The zero-order chi connectivity index (χ0) is 21.7. The maximum Gasteiger partial charge on any atom is 0.264 e. The highest BCUT2D eigenvalue weighted by atomic mass is 35.5. The highest BCUT2D eigenvalue weighted by Crippen LogP contribution is 2.21. The molecule has 8 heteroatoms. The predicted molar refractivity (Wildman–Crippen MR) is 114 cm³/mol. The molecule has 0 aliphatic carbocycles. The molecule has 0 bridgehead atoms. The molecule has 0 spiro atoms. The smallest absolute Gasteiger partial charge is 0.264 e. The summed E-state index contributed by atoms with van der Waals surface area (Å²) in [6.07, 6.45) is -0.681. The first kappa shape index (κ1) is 21.6. The summed E-state index contributed by atoms with van der Waals surface area (Å²) in [5.74, 6) is 1.92. The molecule has 7 nitrogen and oxygen atoms in total. The van der Waals surface area contributed by atoms with Gasteiger partial charge in [0.2, 0.25) is 11.7 Å². The Morgan fingerprint density at radius 1 is 1.07 bits per heavy atom. The zero-order valence-electron chi connectivity index (χ0n) is 17.3. The van der Waals surface area contributed by atoms with Crippen LogP contribution < -0.4 is 9.47 Å². The molecule has 0 aliphatic heterocycles. The van der Waals surface area contributed by atoms with Gasteiger partial charge in [-0.1, -0.05) is 16.8 Å². The van der Waals surface area contributed by atoms with Gasteiger partial charge < -0.3 is 18.9 Å². The minimum absolute atomic E-state index is 0.0784. The van der Waals surface area contributed by atoms with Crippen LogP contribution in [0.1, 0.15) is 26.7 Å². The topological polar surface area (TPSA) is 77.7 Å². The standard InChI is InChI=1S/C22H24ClN3O4/c1-14(2)26(22(27)15(3)29-19-11-9-18(28-4)10-12-19)13-20-24-21(25-30-20)16-5-7-17(23)8-6-16/h5-12,14-15H,13H2,1-4H3. The van der Waals surface area contributed by atoms with Crippen molar-refractivity contribution in [3.63, 3.8) is 0 Å². The molecule has 3 rings (SSSR count). The normalized spacial score (nSPS) is 11.9. The van der Waals surface area contributed by atoms with Gasteiger partial charge in [0.15, 0.2) is 6.10 Å². The fraction of sp³-hybridized carbons (Fsp3) is 0.318. The molecular weight excluding hydrogens is 406 g/mol. The van der Waals surface area contributed by atoms with Crippen LogP contribution in [0, 0.1) is 0 Å². The van der Waals surface area contributed by atoms with Gasteiger partial charge in [0.1, 0.15) is 18.0 Å². The fourth-order valence-corrected chi connectivity index (χ4v) is 2.96. The number of amides is 1. The van der Waals surface area contributed by atoms with Crippen LogP contribution in [0.25, 0.3) is 11.4 Å². The van der Waals surface area contributed by atoms with Crippen LogP contribution in [0.2, 0.25) is 5.02 Å². The maximum atomic E-state index is 13.0. The van der Waals surface area contributed by atoms with Crippen molar-refractivity contribution in [2.24, 2.45) is 0 Å². The van der Waals surface area contributed by atoms with Gasteiger partial charge in [0, 0.05) is 16.6 Å². The van der Waals surface area contributed by atoms with Crippen molar-refractivity contribution in [1.82, 2.24) is 15.0 Å². The molecule has 0 saturated carbocycles. The quantitative estimate of drug-likeness (QED) is 0.520. The first-order valence-corrected chi connectivity index (χ1v) is 9.95. The minimum Gasteiger partial charge on any atom is -0.497 e. The van der Waals surface area contributed by atoms with Crippen molar-refractivity contribution >= 4 is 17.5 Å². The summed E-state index contributed by atoms with van der Waals surface area (Å²) in [6, 6.07) is 14.2. The molecule has 30 heavy (non-hydrogen) atoms. The SMILES string of the molecule is COc1ccc(OC(C)C(=O)N(Cc2nc(-c3ccc(Cl)cc3)no2)C(C)C)cc1. The molecule has 0 saturated heterocycles. The second-order valence-electron chi connectivity index (χ2n) is 7.01. The molecule has 1 heterocycles. The van der Waals surface area contributed by atoms with Gasteiger partial charge in [0.25, 0.3) is 5.91 Å². The van der Waals surface area contributed by atoms with Gasteiger partial charge >= 0.3 is 0 Å². The second kappa shape index (κ2) is 9.63. The van der Waals surface area contributed by atoms with E-state index < -0.39 is 6.10 Å². The molecule has 0 radical (unpaired) electrons. The first-order valence-electron chi connectivity index (χ1n) is 9.57. The van der Waals surface area contributed by atoms with E-state index in [2.05, 4.69) is 10.1 Å². The lowest BCUT2D eigenvalue weighted by Gasteiger charge is -2.28. The van der Waals surface area contributed by atoms with E-state index in [0.29, 0.717) is 22.5 Å². The lowest BCUT2D eigenvalue weighted by Crippen LogP contribution is -2.43. The van der Waals surface area contributed by atoms with E-state index in [-0.39, 0.29) is 18.5 Å². The number of hydrogen-bond acceptors (Lipinski definition) is 6. The number of rotatable bonds is 8. The van der Waals surface area contributed by atoms with Crippen LogP contribution in [0.15, 0.2) is 53.1 Å². The molecule has 2 aromatic carbocycles. The Labute approximate surface area is 180 Å². The minimum atomic E-state index is -0.681. The number of aromatic nitrogens is 2. The summed E-state index contributed by atoms with van der Waals surface area (Å²) in [5.41, 5.74) is 0.785. The van der Waals surface area contributed by atoms with Crippen molar-refractivity contribution in [3.05, 3.63) is 59.4 Å². The average molecular weight is 430 g/mol. The Morgan fingerprint density at radius 3 is 2.30 bits per heavy atom. The number of hydrogen-bond donors (Lipinski definition) is 0. The number of ether oxygens (including phenoxy) is 2. The van der Waals surface area contributed by atoms with Gasteiger partial charge in [-0.25, -0.2) is 0 Å². The summed E-state index contributed by atoms with van der Waals surface area (Å²) >= 11 is 5.92. The summed E-state index contributed by atoms with van der Waals surface area (Å²) in [5, 5.41) is 4.64. The van der Waals surface area contributed by atoms with E-state index in [9.17, 15) is 4.79 Å². The molecule has 1 aromatic heterocycles. The van der Waals surface area contributed by atoms with Crippen LogP contribution >= 0.6 is 11.6 Å². The Kier molecular flexibility index (Phi) is 6.95. The van der Waals surface area contributed by atoms with E-state index in [0.717, 1.165) is 11.3 Å². The number of carbonyl (C=O) groups is 1. The largest absolute Gasteiger partial charge is 0.497 e. The molecule has 3 aromatic rings. The zero-order valence-corrected chi connectivity index (χ0v) is 18.1. The van der Waals surface area contributed by atoms with Crippen molar-refractivity contribution in [2.75, 3.05) is 7.11 Å². The summed E-state index contributed by atoms with van der Waals surface area (Å²) in [4.78, 5) is 19.1. The highest BCUT2D eigenvalue weighted by molar-refractivity contribution is 6.30. The Bertz CT molecular complexity index is 971. The van der Waals surface area contributed by atoms with Crippen molar-refractivity contribution < 1.29 is 18.8 Å². The summed E-state index contributed by atoms with van der Waals surface area (Å²) in [6.45, 7) is 5.76.